The Morgan fingerprint density at radius 3 is 2.42 bits per heavy atom. The van der Waals surface area contributed by atoms with Crippen LogP contribution in [-0.4, -0.2) is 29.7 Å². The summed E-state index contributed by atoms with van der Waals surface area (Å²) in [7, 11) is 1.61. The first-order valence-electron chi connectivity index (χ1n) is 11.4. The number of alkyl carbamates (subject to hydrolysis) is 1. The number of nitrogens with one attached hydrogen (secondary N) is 1. The highest BCUT2D eigenvalue weighted by molar-refractivity contribution is 9.10. The number of amides is 1. The molecule has 0 unspecified atom stereocenters. The molecule has 4 rings (SSSR count). The SMILES string of the molecule is COc1ccc(-c2noc(C)c3c(C(=O)c4ccc(CNC(=O)OC(C)(C)C)cc4)ccc2-3)cc1Br. The molecule has 1 aliphatic heterocycles. The average Bonchev–Trinajstić information content (AvgIpc) is 3.28. The van der Waals surface area contributed by atoms with Gasteiger partial charge in [-0.2, -0.15) is 0 Å². The molecule has 0 atom stereocenters. The van der Waals surface area contributed by atoms with Crippen molar-refractivity contribution in [1.82, 2.24) is 10.5 Å². The molecule has 0 aromatic heterocycles. The molecule has 8 heteroatoms. The van der Waals surface area contributed by atoms with Gasteiger partial charge in [-0.1, -0.05) is 35.5 Å². The minimum atomic E-state index is -0.563. The molecule has 7 nitrogen and oxygen atoms in total. The number of ether oxygens (including phenoxy) is 2. The van der Waals surface area contributed by atoms with E-state index in [2.05, 4.69) is 26.4 Å². The van der Waals surface area contributed by atoms with Crippen LogP contribution in [0.3, 0.4) is 0 Å². The quantitative estimate of drug-likeness (QED) is 0.266. The molecule has 2 aliphatic rings. The fourth-order valence-electron chi connectivity index (χ4n) is 3.89. The fraction of sp³-hybridized carbons (Fsp3) is 0.250. The molecular formula is C28H27BrN2O5. The van der Waals surface area contributed by atoms with E-state index in [1.807, 2.05) is 57.2 Å². The topological polar surface area (TPSA) is 90.7 Å². The van der Waals surface area contributed by atoms with Gasteiger partial charge in [0.05, 0.1) is 11.6 Å². The van der Waals surface area contributed by atoms with Crippen molar-refractivity contribution in [3.8, 4) is 28.1 Å². The highest BCUT2D eigenvalue weighted by Gasteiger charge is 2.25. The number of carbonyl (C=O) groups excluding carboxylic acids is 2. The number of benzene rings is 2. The summed E-state index contributed by atoms with van der Waals surface area (Å²) in [6, 6.07) is 16.5. The minimum absolute atomic E-state index is 0.122. The van der Waals surface area contributed by atoms with E-state index >= 15 is 0 Å². The number of halogens is 1. The molecule has 0 saturated heterocycles. The maximum absolute atomic E-state index is 13.4. The van der Waals surface area contributed by atoms with Crippen LogP contribution in [0.1, 0.15) is 48.0 Å². The third kappa shape index (κ3) is 5.44. The van der Waals surface area contributed by atoms with Crippen LogP contribution in [0.25, 0.3) is 22.4 Å². The summed E-state index contributed by atoms with van der Waals surface area (Å²) in [4.78, 5) is 25.3. The predicted octanol–water partition coefficient (Wildman–Crippen LogP) is 6.78. The van der Waals surface area contributed by atoms with Crippen LogP contribution in [0.4, 0.5) is 4.79 Å². The summed E-state index contributed by atoms with van der Waals surface area (Å²) in [5.41, 5.74) is 4.41. The highest BCUT2D eigenvalue weighted by atomic mass is 79.9. The first-order valence-corrected chi connectivity index (χ1v) is 12.2. The van der Waals surface area contributed by atoms with Crippen molar-refractivity contribution in [2.45, 2.75) is 39.8 Å². The highest BCUT2D eigenvalue weighted by Crippen LogP contribution is 2.40. The Hall–Kier alpha value is -3.65. The van der Waals surface area contributed by atoms with Gasteiger partial charge in [-0.25, -0.2) is 4.79 Å². The number of nitrogens with zero attached hydrogens (tertiary/aromatic N) is 1. The molecule has 2 aromatic carbocycles. The molecule has 1 heterocycles. The van der Waals surface area contributed by atoms with Gasteiger partial charge < -0.3 is 19.3 Å². The Labute approximate surface area is 218 Å². The van der Waals surface area contributed by atoms with E-state index in [1.165, 1.54) is 0 Å². The third-order valence-corrected chi connectivity index (χ3v) is 6.18. The zero-order valence-electron chi connectivity index (χ0n) is 20.8. The van der Waals surface area contributed by atoms with Gasteiger partial charge in [0.25, 0.3) is 0 Å². The molecule has 1 amide bonds. The van der Waals surface area contributed by atoms with Crippen molar-refractivity contribution in [2.24, 2.45) is 0 Å². The van der Waals surface area contributed by atoms with Crippen LogP contribution in [0.5, 0.6) is 5.75 Å². The normalized spacial score (nSPS) is 11.4. The number of aromatic nitrogens is 1. The first kappa shape index (κ1) is 25.4. The second-order valence-electron chi connectivity index (χ2n) is 9.35. The standard InChI is InChI=1S/C28H27BrN2O5/c1-16-24-20(25(31-36-16)19-10-13-23(34-5)22(29)14-19)11-12-21(24)26(32)18-8-6-17(7-9-18)15-30-27(33)35-28(2,3)4/h6-14H,15H2,1-5H3,(H,30,33). The number of methoxy groups -OCH3 is 1. The van der Waals surface area contributed by atoms with Gasteiger partial charge in [-0.05, 0) is 73.5 Å². The molecular weight excluding hydrogens is 524 g/mol. The van der Waals surface area contributed by atoms with Crippen molar-refractivity contribution >= 4 is 27.8 Å². The van der Waals surface area contributed by atoms with Crippen LogP contribution in [0.15, 0.2) is 63.6 Å². The lowest BCUT2D eigenvalue weighted by molar-refractivity contribution is 0.0523. The summed E-state index contributed by atoms with van der Waals surface area (Å²) in [5.74, 6) is 1.15. The van der Waals surface area contributed by atoms with Gasteiger partial charge in [0.1, 0.15) is 22.8 Å². The minimum Gasteiger partial charge on any atom is -0.496 e. The number of aryl methyl sites for hydroxylation is 1. The summed E-state index contributed by atoms with van der Waals surface area (Å²) >= 11 is 3.51. The van der Waals surface area contributed by atoms with E-state index in [-0.39, 0.29) is 5.78 Å². The van der Waals surface area contributed by atoms with Crippen LogP contribution in [0.2, 0.25) is 0 Å². The molecule has 0 radical (unpaired) electrons. The Kier molecular flexibility index (Phi) is 7.17. The van der Waals surface area contributed by atoms with Crippen molar-refractivity contribution in [3.05, 3.63) is 81.5 Å². The number of hydrogen-bond acceptors (Lipinski definition) is 6. The van der Waals surface area contributed by atoms with E-state index in [0.29, 0.717) is 34.9 Å². The lowest BCUT2D eigenvalue weighted by Crippen LogP contribution is -2.32. The van der Waals surface area contributed by atoms with Crippen molar-refractivity contribution in [3.63, 3.8) is 0 Å². The van der Waals surface area contributed by atoms with E-state index in [4.69, 9.17) is 14.0 Å². The molecule has 0 fully saturated rings. The van der Waals surface area contributed by atoms with E-state index in [9.17, 15) is 9.59 Å². The number of hydrogen-bond donors (Lipinski definition) is 1. The average molecular weight is 551 g/mol. The van der Waals surface area contributed by atoms with Gasteiger partial charge in [0, 0.05) is 34.4 Å². The van der Waals surface area contributed by atoms with Crippen LogP contribution < -0.4 is 10.1 Å². The predicted molar refractivity (Wildman–Crippen MR) is 140 cm³/mol. The number of carbonyl (C=O) groups is 2. The number of fused-ring (bicyclic) bond motifs is 1. The molecule has 0 saturated carbocycles. The van der Waals surface area contributed by atoms with Crippen LogP contribution in [0, 0.1) is 6.92 Å². The number of ketones is 1. The summed E-state index contributed by atoms with van der Waals surface area (Å²) in [5, 5.41) is 7.01. The van der Waals surface area contributed by atoms with E-state index < -0.39 is 11.7 Å². The Balaban J connectivity index is 1.55. The van der Waals surface area contributed by atoms with Crippen molar-refractivity contribution in [1.29, 1.82) is 0 Å². The second kappa shape index (κ2) is 10.1. The zero-order valence-corrected chi connectivity index (χ0v) is 22.4. The lowest BCUT2D eigenvalue weighted by atomic mass is 9.96. The van der Waals surface area contributed by atoms with Crippen molar-refractivity contribution < 1.29 is 23.6 Å². The molecule has 0 bridgehead atoms. The summed E-state index contributed by atoms with van der Waals surface area (Å²) < 4.78 is 17.0. The van der Waals surface area contributed by atoms with Crippen LogP contribution in [-0.2, 0) is 11.3 Å². The molecule has 1 aliphatic carbocycles. The smallest absolute Gasteiger partial charge is 0.407 e. The molecule has 36 heavy (non-hydrogen) atoms. The summed E-state index contributed by atoms with van der Waals surface area (Å²) in [6.45, 7) is 7.52. The first-order chi connectivity index (χ1) is 17.1. The van der Waals surface area contributed by atoms with E-state index in [0.717, 1.165) is 26.7 Å². The van der Waals surface area contributed by atoms with Gasteiger partial charge in [-0.15, -0.1) is 0 Å². The maximum Gasteiger partial charge on any atom is 0.407 e. The van der Waals surface area contributed by atoms with Gasteiger partial charge in [0.15, 0.2) is 5.78 Å². The largest absolute Gasteiger partial charge is 0.496 e. The molecule has 186 valence electrons. The summed E-state index contributed by atoms with van der Waals surface area (Å²) in [6.07, 6.45) is -0.488. The molecule has 1 N–H and O–H groups in total. The number of rotatable bonds is 6. The van der Waals surface area contributed by atoms with Gasteiger partial charge in [-0.3, -0.25) is 4.79 Å². The van der Waals surface area contributed by atoms with E-state index in [1.54, 1.807) is 32.2 Å². The molecule has 0 spiro atoms. The van der Waals surface area contributed by atoms with Crippen LogP contribution >= 0.6 is 15.9 Å². The fourth-order valence-corrected chi connectivity index (χ4v) is 4.43. The molecule has 2 aromatic rings. The Morgan fingerprint density at radius 1 is 1.06 bits per heavy atom. The van der Waals surface area contributed by atoms with Crippen molar-refractivity contribution in [2.75, 3.05) is 7.11 Å². The third-order valence-electron chi connectivity index (χ3n) is 5.56. The zero-order chi connectivity index (χ0) is 26.0. The van der Waals surface area contributed by atoms with Gasteiger partial charge >= 0.3 is 6.09 Å². The Morgan fingerprint density at radius 2 is 1.78 bits per heavy atom. The second-order valence-corrected chi connectivity index (χ2v) is 10.2. The lowest BCUT2D eigenvalue weighted by Gasteiger charge is -2.19. The monoisotopic (exact) mass is 550 g/mol. The Bertz CT molecular complexity index is 1390. The van der Waals surface area contributed by atoms with Gasteiger partial charge in [0.2, 0.25) is 0 Å². The maximum atomic E-state index is 13.4.